The van der Waals surface area contributed by atoms with Crippen LogP contribution in [0.25, 0.3) is 0 Å². The lowest BCUT2D eigenvalue weighted by molar-refractivity contribution is 0.0698. The van der Waals surface area contributed by atoms with E-state index >= 15 is 0 Å². The molecule has 1 aliphatic carbocycles. The molecule has 2 aromatic rings. The van der Waals surface area contributed by atoms with Crippen molar-refractivity contribution >= 4 is 11.8 Å². The van der Waals surface area contributed by atoms with Gasteiger partial charge in [-0.25, -0.2) is 0 Å². The summed E-state index contributed by atoms with van der Waals surface area (Å²) in [7, 11) is 0. The van der Waals surface area contributed by atoms with Crippen LogP contribution in [0.3, 0.4) is 0 Å². The zero-order chi connectivity index (χ0) is 20.9. The summed E-state index contributed by atoms with van der Waals surface area (Å²) in [6.07, 6.45) is 8.13. The molecule has 2 amide bonds. The molecule has 2 aromatic carbocycles. The number of hydrogen-bond acceptors (Lipinski definition) is 2. The fraction of sp³-hybridized carbons (Fsp3) is 0.462. The highest BCUT2D eigenvalue weighted by Gasteiger charge is 2.25. The van der Waals surface area contributed by atoms with E-state index in [9.17, 15) is 9.59 Å². The summed E-state index contributed by atoms with van der Waals surface area (Å²) in [5.74, 6) is 0.751. The Morgan fingerprint density at radius 1 is 0.867 bits per heavy atom. The molecule has 1 N–H and O–H groups in total. The molecule has 0 unspecified atom stereocenters. The minimum atomic E-state index is -0.0174. The van der Waals surface area contributed by atoms with Crippen LogP contribution in [0.5, 0.6) is 0 Å². The van der Waals surface area contributed by atoms with Gasteiger partial charge in [0.2, 0.25) is 0 Å². The van der Waals surface area contributed by atoms with Crippen molar-refractivity contribution in [3.63, 3.8) is 0 Å². The van der Waals surface area contributed by atoms with Crippen molar-refractivity contribution in [2.24, 2.45) is 0 Å². The summed E-state index contributed by atoms with van der Waals surface area (Å²) in [6, 6.07) is 16.1. The summed E-state index contributed by atoms with van der Waals surface area (Å²) in [6.45, 7) is 3.32. The lowest BCUT2D eigenvalue weighted by Gasteiger charge is -2.32. The molecule has 1 saturated heterocycles. The van der Waals surface area contributed by atoms with Crippen molar-refractivity contribution in [2.75, 3.05) is 13.1 Å². The number of rotatable bonds is 4. The third kappa shape index (κ3) is 4.75. The van der Waals surface area contributed by atoms with E-state index in [0.717, 1.165) is 29.5 Å². The quantitative estimate of drug-likeness (QED) is 0.773. The number of likely N-dealkylation sites (tertiary alicyclic amines) is 1. The van der Waals surface area contributed by atoms with E-state index in [2.05, 4.69) is 17.4 Å². The number of carbonyl (C=O) groups excluding carboxylic acids is 2. The molecule has 4 rings (SSSR count). The van der Waals surface area contributed by atoms with Crippen LogP contribution in [-0.4, -0.2) is 35.8 Å². The number of nitrogens with one attached hydrogen (secondary N) is 1. The summed E-state index contributed by atoms with van der Waals surface area (Å²) in [5, 5.41) is 3.14. The van der Waals surface area contributed by atoms with Gasteiger partial charge in [-0.1, -0.05) is 49.6 Å². The van der Waals surface area contributed by atoms with Gasteiger partial charge in [0.15, 0.2) is 0 Å². The molecule has 0 atom stereocenters. The van der Waals surface area contributed by atoms with E-state index in [4.69, 9.17) is 0 Å². The maximum atomic E-state index is 12.9. The first-order valence-corrected chi connectivity index (χ1v) is 11.4. The van der Waals surface area contributed by atoms with E-state index in [1.807, 2.05) is 48.2 Å². The molecule has 1 heterocycles. The van der Waals surface area contributed by atoms with E-state index in [-0.39, 0.29) is 17.9 Å². The Morgan fingerprint density at radius 2 is 1.53 bits per heavy atom. The largest absolute Gasteiger partial charge is 0.349 e. The van der Waals surface area contributed by atoms with Gasteiger partial charge in [0.1, 0.15) is 0 Å². The average Bonchev–Trinajstić information content (AvgIpc) is 2.80. The first kappa shape index (κ1) is 20.6. The molecule has 0 spiro atoms. The van der Waals surface area contributed by atoms with Crippen molar-refractivity contribution in [1.29, 1.82) is 0 Å². The van der Waals surface area contributed by atoms with Crippen LogP contribution >= 0.6 is 0 Å². The highest BCUT2D eigenvalue weighted by Crippen LogP contribution is 2.32. The highest BCUT2D eigenvalue weighted by atomic mass is 16.2. The number of carbonyl (C=O) groups is 2. The van der Waals surface area contributed by atoms with Crippen molar-refractivity contribution in [3.05, 3.63) is 70.8 Å². The fourth-order valence-corrected chi connectivity index (χ4v) is 4.83. The molecule has 4 heteroatoms. The average molecular weight is 405 g/mol. The summed E-state index contributed by atoms with van der Waals surface area (Å²) < 4.78 is 0. The molecule has 0 aromatic heterocycles. The van der Waals surface area contributed by atoms with Crippen molar-refractivity contribution < 1.29 is 9.59 Å². The molecule has 30 heavy (non-hydrogen) atoms. The maximum absolute atomic E-state index is 12.9. The molecule has 1 saturated carbocycles. The van der Waals surface area contributed by atoms with Gasteiger partial charge in [-0.15, -0.1) is 0 Å². The SMILES string of the molecule is Cc1ccccc1C(=O)NC1CCN(C(=O)c2ccc(C3CCCCC3)cc2)CC1. The Bertz CT molecular complexity index is 876. The Kier molecular flexibility index (Phi) is 6.51. The van der Waals surface area contributed by atoms with Crippen LogP contribution in [0, 0.1) is 6.92 Å². The first-order chi connectivity index (χ1) is 14.6. The fourth-order valence-electron chi connectivity index (χ4n) is 4.83. The molecule has 4 nitrogen and oxygen atoms in total. The predicted octanol–water partition coefficient (Wildman–Crippen LogP) is 5.08. The second-order valence-electron chi connectivity index (χ2n) is 8.81. The highest BCUT2D eigenvalue weighted by molar-refractivity contribution is 5.96. The number of aryl methyl sites for hydroxylation is 1. The van der Waals surface area contributed by atoms with Crippen LogP contribution in [0.4, 0.5) is 0 Å². The minimum absolute atomic E-state index is 0.0174. The monoisotopic (exact) mass is 404 g/mol. The molecular formula is C26H32N2O2. The van der Waals surface area contributed by atoms with E-state index in [1.54, 1.807) is 0 Å². The summed E-state index contributed by atoms with van der Waals surface area (Å²) >= 11 is 0. The van der Waals surface area contributed by atoms with Gasteiger partial charge in [-0.05, 0) is 67.9 Å². The lowest BCUT2D eigenvalue weighted by Crippen LogP contribution is -2.46. The Morgan fingerprint density at radius 3 is 2.20 bits per heavy atom. The molecule has 2 aliphatic rings. The number of piperidine rings is 1. The third-order valence-corrected chi connectivity index (χ3v) is 6.74. The summed E-state index contributed by atoms with van der Waals surface area (Å²) in [4.78, 5) is 27.4. The van der Waals surface area contributed by atoms with E-state index in [0.29, 0.717) is 19.0 Å². The lowest BCUT2D eigenvalue weighted by atomic mass is 9.84. The van der Waals surface area contributed by atoms with Crippen molar-refractivity contribution in [2.45, 2.75) is 63.8 Å². The zero-order valence-corrected chi connectivity index (χ0v) is 17.9. The molecular weight excluding hydrogens is 372 g/mol. The normalized spacial score (nSPS) is 18.2. The van der Waals surface area contributed by atoms with Gasteiger partial charge in [-0.3, -0.25) is 9.59 Å². The number of hydrogen-bond donors (Lipinski definition) is 1. The van der Waals surface area contributed by atoms with Gasteiger partial charge < -0.3 is 10.2 Å². The second kappa shape index (κ2) is 9.46. The molecule has 0 radical (unpaired) electrons. The van der Waals surface area contributed by atoms with Crippen molar-refractivity contribution in [1.82, 2.24) is 10.2 Å². The predicted molar refractivity (Wildman–Crippen MR) is 120 cm³/mol. The molecule has 158 valence electrons. The molecule has 1 aliphatic heterocycles. The number of amides is 2. The molecule has 0 bridgehead atoms. The smallest absolute Gasteiger partial charge is 0.253 e. The van der Waals surface area contributed by atoms with Gasteiger partial charge in [-0.2, -0.15) is 0 Å². The van der Waals surface area contributed by atoms with Gasteiger partial charge in [0.25, 0.3) is 11.8 Å². The third-order valence-electron chi connectivity index (χ3n) is 6.74. The Labute approximate surface area is 179 Å². The second-order valence-corrected chi connectivity index (χ2v) is 8.81. The van der Waals surface area contributed by atoms with Crippen molar-refractivity contribution in [3.8, 4) is 0 Å². The summed E-state index contributed by atoms with van der Waals surface area (Å²) in [5.41, 5.74) is 3.87. The van der Waals surface area contributed by atoms with E-state index < -0.39 is 0 Å². The Balaban J connectivity index is 1.30. The topological polar surface area (TPSA) is 49.4 Å². The van der Waals surface area contributed by atoms with Gasteiger partial charge in [0.05, 0.1) is 0 Å². The zero-order valence-electron chi connectivity index (χ0n) is 17.9. The standard InChI is InChI=1S/C26H32N2O2/c1-19-7-5-6-10-24(19)25(29)27-23-15-17-28(18-16-23)26(30)22-13-11-21(12-14-22)20-8-3-2-4-9-20/h5-7,10-14,20,23H,2-4,8-9,15-18H2,1H3,(H,27,29). The minimum Gasteiger partial charge on any atom is -0.349 e. The van der Waals surface area contributed by atoms with Crippen LogP contribution < -0.4 is 5.32 Å². The van der Waals surface area contributed by atoms with Crippen LogP contribution in [0.2, 0.25) is 0 Å². The van der Waals surface area contributed by atoms with Crippen LogP contribution in [0.15, 0.2) is 48.5 Å². The van der Waals surface area contributed by atoms with Gasteiger partial charge >= 0.3 is 0 Å². The van der Waals surface area contributed by atoms with Crippen LogP contribution in [0.1, 0.15) is 82.7 Å². The van der Waals surface area contributed by atoms with Gasteiger partial charge in [0, 0.05) is 30.3 Å². The van der Waals surface area contributed by atoms with Crippen LogP contribution in [-0.2, 0) is 0 Å². The first-order valence-electron chi connectivity index (χ1n) is 11.4. The maximum Gasteiger partial charge on any atom is 0.253 e. The Hall–Kier alpha value is -2.62. The molecule has 2 fully saturated rings. The number of nitrogens with zero attached hydrogens (tertiary/aromatic N) is 1. The van der Waals surface area contributed by atoms with E-state index in [1.165, 1.54) is 37.7 Å². The number of benzene rings is 2.